The Bertz CT molecular complexity index is 1880. The second-order valence-electron chi connectivity index (χ2n) is 9.80. The molecular formula is C31H24F6N4O6. The predicted molar refractivity (Wildman–Crippen MR) is 157 cm³/mol. The standard InChI is InChI=1S/C27H22N4O2.2C2HF3O2/c1-32-22-8-9-25-19(14-22)12-20(16-33-25)26-30-24-5-3-2-4-23(24)27(31-26)29-21-7-6-18-15-28-11-10-17(18)13-21;2*3-2(4,5)1(6)7/h2-11,13-15,20H,12,16H2,1H3,(H,29,30,31);2*(H,6,7). The smallest absolute Gasteiger partial charge is 0.490 e. The van der Waals surface area contributed by atoms with Gasteiger partial charge in [-0.3, -0.25) is 4.98 Å². The van der Waals surface area contributed by atoms with E-state index in [1.165, 1.54) is 0 Å². The maximum atomic E-state index is 10.6. The molecule has 0 radical (unpaired) electrons. The van der Waals surface area contributed by atoms with Gasteiger partial charge in [-0.25, -0.2) is 19.6 Å². The number of rotatable bonds is 4. The second-order valence-corrected chi connectivity index (χ2v) is 9.80. The minimum atomic E-state index is -5.08. The van der Waals surface area contributed by atoms with Crippen molar-refractivity contribution in [1.29, 1.82) is 0 Å². The van der Waals surface area contributed by atoms with Crippen LogP contribution >= 0.6 is 0 Å². The number of hydrogen-bond acceptors (Lipinski definition) is 8. The Balaban J connectivity index is 0.000000301. The Morgan fingerprint density at radius 1 is 0.894 bits per heavy atom. The summed E-state index contributed by atoms with van der Waals surface area (Å²) < 4.78 is 74.9. The number of fused-ring (bicyclic) bond motifs is 3. The van der Waals surface area contributed by atoms with E-state index in [-0.39, 0.29) is 5.92 Å². The lowest BCUT2D eigenvalue weighted by Crippen LogP contribution is -2.21. The molecule has 1 aliphatic heterocycles. The van der Waals surface area contributed by atoms with Crippen LogP contribution in [0, 0.1) is 0 Å². The van der Waals surface area contributed by atoms with Gasteiger partial charge in [0.25, 0.3) is 0 Å². The number of benzene rings is 3. The summed E-state index contributed by atoms with van der Waals surface area (Å²) in [5.74, 6) is -2.17. The van der Waals surface area contributed by atoms with Crippen molar-refractivity contribution in [2.45, 2.75) is 24.7 Å². The van der Waals surface area contributed by atoms with Crippen molar-refractivity contribution < 1.29 is 55.6 Å². The summed E-state index contributed by atoms with van der Waals surface area (Å²) in [7, 11) is 1.68. The van der Waals surface area contributed by atoms with Crippen molar-refractivity contribution in [3.8, 4) is 11.5 Å². The molecule has 0 saturated heterocycles. The van der Waals surface area contributed by atoms with Gasteiger partial charge in [0.15, 0.2) is 0 Å². The second kappa shape index (κ2) is 14.2. The van der Waals surface area contributed by atoms with Gasteiger partial charge in [0, 0.05) is 28.9 Å². The van der Waals surface area contributed by atoms with Crippen molar-refractivity contribution in [2.24, 2.45) is 0 Å². The Labute approximate surface area is 261 Å². The highest BCUT2D eigenvalue weighted by atomic mass is 19.4. The number of nitrogens with one attached hydrogen (secondary N) is 1. The fourth-order valence-electron chi connectivity index (χ4n) is 4.33. The molecule has 0 bridgehead atoms. The van der Waals surface area contributed by atoms with Gasteiger partial charge in [0.05, 0.1) is 25.2 Å². The van der Waals surface area contributed by atoms with Crippen LogP contribution in [0.25, 0.3) is 21.7 Å². The molecule has 5 aromatic rings. The lowest BCUT2D eigenvalue weighted by Gasteiger charge is -2.25. The summed E-state index contributed by atoms with van der Waals surface area (Å²) in [6.07, 6.45) is -5.69. The number of nitrogens with zero attached hydrogens (tertiary/aromatic N) is 3. The molecule has 47 heavy (non-hydrogen) atoms. The van der Waals surface area contributed by atoms with Crippen LogP contribution in [0.4, 0.5) is 37.8 Å². The number of alkyl halides is 6. The minimum absolute atomic E-state index is 0.0532. The normalized spacial score (nSPS) is 14.0. The van der Waals surface area contributed by atoms with Crippen LogP contribution in [0.5, 0.6) is 11.5 Å². The zero-order chi connectivity index (χ0) is 34.4. The molecule has 1 atom stereocenters. The number of aromatic nitrogens is 3. The highest BCUT2D eigenvalue weighted by Crippen LogP contribution is 2.35. The average molecular weight is 663 g/mol. The number of ether oxygens (including phenoxy) is 2. The number of carboxylic acid groups (broad SMARTS) is 2. The lowest BCUT2D eigenvalue weighted by atomic mass is 9.95. The van der Waals surface area contributed by atoms with Gasteiger partial charge < -0.3 is 25.0 Å². The topological polar surface area (TPSA) is 144 Å². The fourth-order valence-corrected chi connectivity index (χ4v) is 4.33. The Morgan fingerprint density at radius 3 is 2.23 bits per heavy atom. The Hall–Kier alpha value is -5.67. The van der Waals surface area contributed by atoms with E-state index >= 15 is 0 Å². The third-order valence-electron chi connectivity index (χ3n) is 6.55. The molecule has 0 saturated carbocycles. The first-order valence-electron chi connectivity index (χ1n) is 13.4. The molecule has 6 rings (SSSR count). The molecule has 0 spiro atoms. The number of carbonyl (C=O) groups is 2. The van der Waals surface area contributed by atoms with Crippen LogP contribution in [0.1, 0.15) is 17.3 Å². The summed E-state index contributed by atoms with van der Waals surface area (Å²) in [5, 5.41) is 21.0. The number of anilines is 2. The molecule has 0 aliphatic carbocycles. The van der Waals surface area contributed by atoms with E-state index in [9.17, 15) is 26.3 Å². The molecule has 0 fully saturated rings. The van der Waals surface area contributed by atoms with Gasteiger partial charge in [-0.05, 0) is 65.9 Å². The lowest BCUT2D eigenvalue weighted by molar-refractivity contribution is -0.193. The SMILES string of the molecule is COc1ccc2c(c1)CC(c1nc(Nc3ccc4cnccc4c3)c3ccccc3n1)CO2.O=C(O)C(F)(F)F.O=C(O)C(F)(F)F. The van der Waals surface area contributed by atoms with Crippen molar-refractivity contribution >= 4 is 45.1 Å². The van der Waals surface area contributed by atoms with Crippen LogP contribution in [-0.2, 0) is 16.0 Å². The van der Waals surface area contributed by atoms with Crippen LogP contribution in [0.15, 0.2) is 79.1 Å². The molecule has 2 aromatic heterocycles. The molecule has 10 nitrogen and oxygen atoms in total. The minimum Gasteiger partial charge on any atom is -0.497 e. The van der Waals surface area contributed by atoms with Gasteiger partial charge in [-0.1, -0.05) is 18.2 Å². The van der Waals surface area contributed by atoms with Crippen molar-refractivity contribution in [2.75, 3.05) is 19.0 Å². The first-order valence-corrected chi connectivity index (χ1v) is 13.4. The number of aliphatic carboxylic acids is 2. The van der Waals surface area contributed by atoms with Gasteiger partial charge in [0.2, 0.25) is 0 Å². The van der Waals surface area contributed by atoms with Crippen LogP contribution in [-0.4, -0.2) is 63.2 Å². The third-order valence-corrected chi connectivity index (χ3v) is 6.55. The average Bonchev–Trinajstić information content (AvgIpc) is 3.03. The molecule has 1 aliphatic rings. The predicted octanol–water partition coefficient (Wildman–Crippen LogP) is 6.92. The molecular weight excluding hydrogens is 638 g/mol. The number of para-hydroxylation sites is 1. The zero-order valence-corrected chi connectivity index (χ0v) is 24.1. The number of methoxy groups -OCH3 is 1. The zero-order valence-electron chi connectivity index (χ0n) is 24.1. The van der Waals surface area contributed by atoms with E-state index in [0.29, 0.717) is 6.61 Å². The largest absolute Gasteiger partial charge is 0.497 e. The summed E-state index contributed by atoms with van der Waals surface area (Å²) in [5.41, 5.74) is 2.99. The van der Waals surface area contributed by atoms with Gasteiger partial charge in [-0.2, -0.15) is 26.3 Å². The summed E-state index contributed by atoms with van der Waals surface area (Å²) in [6, 6.07) is 22.2. The van der Waals surface area contributed by atoms with Crippen LogP contribution in [0.2, 0.25) is 0 Å². The van der Waals surface area contributed by atoms with E-state index < -0.39 is 24.3 Å². The maximum absolute atomic E-state index is 10.6. The molecule has 3 heterocycles. The molecule has 0 amide bonds. The summed E-state index contributed by atoms with van der Waals surface area (Å²) in [6.45, 7) is 0.542. The monoisotopic (exact) mass is 662 g/mol. The first-order chi connectivity index (χ1) is 22.2. The highest BCUT2D eigenvalue weighted by Gasteiger charge is 2.39. The van der Waals surface area contributed by atoms with Crippen molar-refractivity contribution in [1.82, 2.24) is 15.0 Å². The highest BCUT2D eigenvalue weighted by molar-refractivity contribution is 5.92. The summed E-state index contributed by atoms with van der Waals surface area (Å²) in [4.78, 5) is 31.9. The number of hydrogen-bond donors (Lipinski definition) is 3. The quantitative estimate of drug-likeness (QED) is 0.174. The van der Waals surface area contributed by atoms with E-state index in [0.717, 1.165) is 62.5 Å². The van der Waals surface area contributed by atoms with Gasteiger partial charge in [0.1, 0.15) is 23.1 Å². The number of pyridine rings is 1. The van der Waals surface area contributed by atoms with Gasteiger partial charge in [-0.15, -0.1) is 0 Å². The van der Waals surface area contributed by atoms with E-state index in [4.69, 9.17) is 39.2 Å². The van der Waals surface area contributed by atoms with Crippen LogP contribution in [0.3, 0.4) is 0 Å². The molecule has 16 heteroatoms. The Morgan fingerprint density at radius 2 is 1.57 bits per heavy atom. The molecule has 3 N–H and O–H groups in total. The molecule has 246 valence electrons. The first kappa shape index (κ1) is 34.2. The summed E-state index contributed by atoms with van der Waals surface area (Å²) >= 11 is 0. The number of halogens is 6. The molecule has 3 aromatic carbocycles. The molecule has 1 unspecified atom stereocenters. The van der Waals surface area contributed by atoms with Gasteiger partial charge >= 0.3 is 24.3 Å². The number of carboxylic acids is 2. The maximum Gasteiger partial charge on any atom is 0.490 e. The van der Waals surface area contributed by atoms with Crippen molar-refractivity contribution in [3.05, 3.63) is 90.5 Å². The Kier molecular flexibility index (Phi) is 10.3. The van der Waals surface area contributed by atoms with E-state index in [2.05, 4.69) is 22.4 Å². The van der Waals surface area contributed by atoms with Crippen molar-refractivity contribution in [3.63, 3.8) is 0 Å². The fraction of sp³-hybridized carbons (Fsp3) is 0.194. The van der Waals surface area contributed by atoms with E-state index in [1.54, 1.807) is 13.3 Å². The van der Waals surface area contributed by atoms with Crippen LogP contribution < -0.4 is 14.8 Å². The van der Waals surface area contributed by atoms with E-state index in [1.807, 2.05) is 60.8 Å². The third kappa shape index (κ3) is 8.96.